The minimum atomic E-state index is 0.138. The Morgan fingerprint density at radius 1 is 0.920 bits per heavy atom. The maximum Gasteiger partial charge on any atom is 0.0176 e. The standard InChI is InChI=1S/C25H32/c1-3-5-6-7-8-9-10-19-25(18-4-2)20-17-22-14-11-13-21-15-12-16-23(25)24(21)22/h4,11-17,20H,2-3,5-10,18-19H2,1H3. The molecule has 0 saturated carbocycles. The average molecular weight is 333 g/mol. The third kappa shape index (κ3) is 3.89. The summed E-state index contributed by atoms with van der Waals surface area (Å²) < 4.78 is 0. The van der Waals surface area contributed by atoms with Gasteiger partial charge in [-0.25, -0.2) is 0 Å². The van der Waals surface area contributed by atoms with Gasteiger partial charge in [-0.2, -0.15) is 0 Å². The van der Waals surface area contributed by atoms with Crippen molar-refractivity contribution in [2.75, 3.05) is 0 Å². The van der Waals surface area contributed by atoms with Crippen molar-refractivity contribution in [3.05, 3.63) is 66.3 Å². The summed E-state index contributed by atoms with van der Waals surface area (Å²) in [6.45, 7) is 6.35. The van der Waals surface area contributed by atoms with Gasteiger partial charge in [0, 0.05) is 5.41 Å². The molecule has 0 heterocycles. The zero-order valence-electron chi connectivity index (χ0n) is 15.8. The predicted molar refractivity (Wildman–Crippen MR) is 112 cm³/mol. The van der Waals surface area contributed by atoms with E-state index < -0.39 is 0 Å². The van der Waals surface area contributed by atoms with Crippen molar-refractivity contribution in [3.63, 3.8) is 0 Å². The van der Waals surface area contributed by atoms with Gasteiger partial charge >= 0.3 is 0 Å². The lowest BCUT2D eigenvalue weighted by Gasteiger charge is -2.35. The Hall–Kier alpha value is -1.82. The van der Waals surface area contributed by atoms with Crippen molar-refractivity contribution in [2.45, 2.75) is 70.1 Å². The van der Waals surface area contributed by atoms with E-state index in [4.69, 9.17) is 0 Å². The topological polar surface area (TPSA) is 0 Å². The van der Waals surface area contributed by atoms with Crippen LogP contribution in [0.5, 0.6) is 0 Å². The first kappa shape index (κ1) is 18.0. The van der Waals surface area contributed by atoms with Crippen molar-refractivity contribution >= 4 is 16.8 Å². The third-order valence-corrected chi connectivity index (χ3v) is 5.79. The lowest BCUT2D eigenvalue weighted by atomic mass is 9.69. The highest BCUT2D eigenvalue weighted by molar-refractivity contribution is 5.96. The first-order valence-electron chi connectivity index (χ1n) is 10.1. The molecule has 1 aliphatic carbocycles. The molecular weight excluding hydrogens is 300 g/mol. The fourth-order valence-corrected chi connectivity index (χ4v) is 4.42. The normalized spacial score (nSPS) is 18.6. The van der Waals surface area contributed by atoms with E-state index >= 15 is 0 Å². The van der Waals surface area contributed by atoms with Crippen molar-refractivity contribution in [3.8, 4) is 0 Å². The highest BCUT2D eigenvalue weighted by Crippen LogP contribution is 2.44. The Labute approximate surface area is 153 Å². The van der Waals surface area contributed by atoms with E-state index in [-0.39, 0.29) is 5.41 Å². The second kappa shape index (κ2) is 8.52. The number of hydrogen-bond donors (Lipinski definition) is 0. The molecule has 2 aromatic carbocycles. The first-order valence-corrected chi connectivity index (χ1v) is 10.1. The lowest BCUT2D eigenvalue weighted by Crippen LogP contribution is -2.25. The van der Waals surface area contributed by atoms with Gasteiger partial charge in [-0.3, -0.25) is 0 Å². The minimum Gasteiger partial charge on any atom is -0.103 e. The lowest BCUT2D eigenvalue weighted by molar-refractivity contribution is 0.458. The Morgan fingerprint density at radius 3 is 2.40 bits per heavy atom. The molecule has 0 amide bonds. The molecule has 0 saturated heterocycles. The monoisotopic (exact) mass is 332 g/mol. The number of allylic oxidation sites excluding steroid dienone is 2. The molecule has 0 N–H and O–H groups in total. The van der Waals surface area contributed by atoms with Gasteiger partial charge in [-0.1, -0.05) is 106 Å². The van der Waals surface area contributed by atoms with Crippen LogP contribution in [-0.4, -0.2) is 0 Å². The number of benzene rings is 2. The summed E-state index contributed by atoms with van der Waals surface area (Å²) in [4.78, 5) is 0. The van der Waals surface area contributed by atoms with Gasteiger partial charge in [0.05, 0.1) is 0 Å². The Kier molecular flexibility index (Phi) is 6.13. The molecule has 1 aliphatic rings. The predicted octanol–water partition coefficient (Wildman–Crippen LogP) is 7.82. The average Bonchev–Trinajstić information content (AvgIpc) is 2.64. The molecule has 0 fully saturated rings. The summed E-state index contributed by atoms with van der Waals surface area (Å²) in [5.41, 5.74) is 3.01. The fraction of sp³-hybridized carbons (Fsp3) is 0.440. The molecule has 25 heavy (non-hydrogen) atoms. The maximum absolute atomic E-state index is 4.06. The smallest absolute Gasteiger partial charge is 0.0176 e. The van der Waals surface area contributed by atoms with E-state index in [0.717, 1.165) is 6.42 Å². The van der Waals surface area contributed by atoms with Crippen LogP contribution >= 0.6 is 0 Å². The van der Waals surface area contributed by atoms with Crippen LogP contribution < -0.4 is 0 Å². The molecule has 0 aromatic heterocycles. The second-order valence-electron chi connectivity index (χ2n) is 7.60. The summed E-state index contributed by atoms with van der Waals surface area (Å²) in [6.07, 6.45) is 18.8. The molecule has 132 valence electrons. The molecule has 0 aliphatic heterocycles. The number of rotatable bonds is 10. The van der Waals surface area contributed by atoms with Crippen LogP contribution in [0.3, 0.4) is 0 Å². The molecule has 0 spiro atoms. The SMILES string of the molecule is C=CCC1(CCCCCCCCC)C=Cc2cccc3cccc1c23. The van der Waals surface area contributed by atoms with Crippen LogP contribution in [0.25, 0.3) is 16.8 Å². The van der Waals surface area contributed by atoms with Crippen LogP contribution in [0, 0.1) is 0 Å². The van der Waals surface area contributed by atoms with Gasteiger partial charge in [-0.05, 0) is 34.7 Å². The highest BCUT2D eigenvalue weighted by Gasteiger charge is 2.32. The van der Waals surface area contributed by atoms with Crippen molar-refractivity contribution in [1.29, 1.82) is 0 Å². The summed E-state index contributed by atoms with van der Waals surface area (Å²) in [5, 5.41) is 2.82. The molecule has 0 nitrogen and oxygen atoms in total. The molecule has 2 aromatic rings. The van der Waals surface area contributed by atoms with Gasteiger partial charge in [0.25, 0.3) is 0 Å². The molecule has 0 bridgehead atoms. The minimum absolute atomic E-state index is 0.138. The molecule has 0 heteroatoms. The van der Waals surface area contributed by atoms with Gasteiger partial charge < -0.3 is 0 Å². The Balaban J connectivity index is 1.76. The van der Waals surface area contributed by atoms with E-state index in [9.17, 15) is 0 Å². The van der Waals surface area contributed by atoms with E-state index in [1.165, 1.54) is 73.3 Å². The van der Waals surface area contributed by atoms with E-state index in [1.807, 2.05) is 0 Å². The fourth-order valence-electron chi connectivity index (χ4n) is 4.42. The van der Waals surface area contributed by atoms with Crippen LogP contribution in [0.2, 0.25) is 0 Å². The van der Waals surface area contributed by atoms with Gasteiger partial charge in [-0.15, -0.1) is 6.58 Å². The van der Waals surface area contributed by atoms with Gasteiger partial charge in [0.2, 0.25) is 0 Å². The van der Waals surface area contributed by atoms with Gasteiger partial charge in [0.15, 0.2) is 0 Å². The summed E-state index contributed by atoms with van der Waals surface area (Å²) in [7, 11) is 0. The molecular formula is C25H32. The van der Waals surface area contributed by atoms with Gasteiger partial charge in [0.1, 0.15) is 0 Å². The number of hydrogen-bond acceptors (Lipinski definition) is 0. The molecule has 1 atom stereocenters. The first-order chi connectivity index (χ1) is 12.3. The highest BCUT2D eigenvalue weighted by atomic mass is 14.3. The molecule has 1 unspecified atom stereocenters. The van der Waals surface area contributed by atoms with Crippen LogP contribution in [0.15, 0.2) is 55.1 Å². The van der Waals surface area contributed by atoms with Crippen molar-refractivity contribution < 1.29 is 0 Å². The zero-order chi connectivity index (χ0) is 17.5. The molecule has 3 rings (SSSR count). The van der Waals surface area contributed by atoms with Crippen LogP contribution in [0.4, 0.5) is 0 Å². The quantitative estimate of drug-likeness (QED) is 0.307. The van der Waals surface area contributed by atoms with Crippen LogP contribution in [0.1, 0.15) is 75.8 Å². The Morgan fingerprint density at radius 2 is 1.64 bits per heavy atom. The third-order valence-electron chi connectivity index (χ3n) is 5.79. The van der Waals surface area contributed by atoms with E-state index in [0.29, 0.717) is 0 Å². The largest absolute Gasteiger partial charge is 0.103 e. The van der Waals surface area contributed by atoms with E-state index in [1.54, 1.807) is 0 Å². The summed E-state index contributed by atoms with van der Waals surface area (Å²) in [6, 6.07) is 13.5. The van der Waals surface area contributed by atoms with Crippen molar-refractivity contribution in [1.82, 2.24) is 0 Å². The summed E-state index contributed by atoms with van der Waals surface area (Å²) in [5.74, 6) is 0. The summed E-state index contributed by atoms with van der Waals surface area (Å²) >= 11 is 0. The number of unbranched alkanes of at least 4 members (excludes halogenated alkanes) is 6. The zero-order valence-corrected chi connectivity index (χ0v) is 15.8. The molecule has 0 radical (unpaired) electrons. The van der Waals surface area contributed by atoms with Crippen LogP contribution in [-0.2, 0) is 5.41 Å². The van der Waals surface area contributed by atoms with E-state index in [2.05, 4.69) is 68.1 Å². The second-order valence-corrected chi connectivity index (χ2v) is 7.60. The Bertz CT molecular complexity index is 732. The van der Waals surface area contributed by atoms with Crippen molar-refractivity contribution in [2.24, 2.45) is 0 Å². The maximum atomic E-state index is 4.06.